The van der Waals surface area contributed by atoms with Gasteiger partial charge in [0.05, 0.1) is 6.54 Å². The summed E-state index contributed by atoms with van der Waals surface area (Å²) in [6.45, 7) is 7.35. The summed E-state index contributed by atoms with van der Waals surface area (Å²) >= 11 is 0. The van der Waals surface area contributed by atoms with Crippen LogP contribution in [0.15, 0.2) is 23.2 Å². The molecule has 0 radical (unpaired) electrons. The minimum atomic E-state index is -0.237. The molecule has 4 rings (SSSR count). The van der Waals surface area contributed by atoms with Crippen molar-refractivity contribution in [1.29, 1.82) is 0 Å². The molecular weight excluding hydrogens is 487 g/mol. The Bertz CT molecular complexity index is 731. The van der Waals surface area contributed by atoms with E-state index in [2.05, 4.69) is 17.1 Å². The van der Waals surface area contributed by atoms with Crippen molar-refractivity contribution >= 4 is 35.8 Å². The number of benzene rings is 1. The molecule has 0 aliphatic carbocycles. The molecule has 160 valence electrons. The van der Waals surface area contributed by atoms with Crippen molar-refractivity contribution in [2.75, 3.05) is 46.1 Å². The molecule has 1 N–H and O–H groups in total. The van der Waals surface area contributed by atoms with Crippen molar-refractivity contribution in [2.45, 2.75) is 32.4 Å². The van der Waals surface area contributed by atoms with Crippen molar-refractivity contribution in [2.24, 2.45) is 4.99 Å². The molecule has 1 unspecified atom stereocenters. The second-order valence-electron chi connectivity index (χ2n) is 7.17. The summed E-state index contributed by atoms with van der Waals surface area (Å²) in [5.41, 5.74) is 1.08. The second kappa shape index (κ2) is 10.3. The highest BCUT2D eigenvalue weighted by atomic mass is 127. The minimum absolute atomic E-state index is 0. The molecule has 2 fully saturated rings. The number of amides is 1. The summed E-state index contributed by atoms with van der Waals surface area (Å²) in [4.78, 5) is 21.5. The number of hydrogen-bond acceptors (Lipinski definition) is 5. The van der Waals surface area contributed by atoms with Gasteiger partial charge >= 0.3 is 0 Å². The van der Waals surface area contributed by atoms with Crippen LogP contribution < -0.4 is 14.8 Å². The quantitative estimate of drug-likeness (QED) is 0.374. The van der Waals surface area contributed by atoms with E-state index in [4.69, 9.17) is 19.2 Å². The monoisotopic (exact) mass is 516 g/mol. The molecule has 29 heavy (non-hydrogen) atoms. The number of nitrogens with zero attached hydrogens (tertiary/aromatic N) is 3. The number of fused-ring (bicyclic) bond motifs is 1. The van der Waals surface area contributed by atoms with E-state index in [1.807, 2.05) is 23.1 Å². The Kier molecular flexibility index (Phi) is 7.82. The van der Waals surface area contributed by atoms with E-state index < -0.39 is 0 Å². The van der Waals surface area contributed by atoms with Gasteiger partial charge in [0.1, 0.15) is 6.10 Å². The Hall–Kier alpha value is -1.75. The van der Waals surface area contributed by atoms with Crippen LogP contribution in [0.4, 0.5) is 0 Å². The molecule has 0 spiro atoms. The van der Waals surface area contributed by atoms with Crippen LogP contribution in [0.3, 0.4) is 0 Å². The number of carbonyl (C=O) groups is 1. The Balaban J connectivity index is 0.00000240. The molecule has 8 nitrogen and oxygen atoms in total. The first kappa shape index (κ1) is 21.9. The molecular formula is C20H29IN4O4. The average Bonchev–Trinajstić information content (AvgIpc) is 3.42. The average molecular weight is 516 g/mol. The van der Waals surface area contributed by atoms with Gasteiger partial charge in [-0.3, -0.25) is 4.79 Å². The van der Waals surface area contributed by atoms with Crippen molar-refractivity contribution < 1.29 is 19.0 Å². The van der Waals surface area contributed by atoms with Crippen LogP contribution in [-0.4, -0.2) is 73.9 Å². The smallest absolute Gasteiger partial charge is 0.251 e. The van der Waals surface area contributed by atoms with E-state index in [1.54, 1.807) is 0 Å². The van der Waals surface area contributed by atoms with E-state index in [-0.39, 0.29) is 42.8 Å². The lowest BCUT2D eigenvalue weighted by molar-refractivity contribution is -0.142. The highest BCUT2D eigenvalue weighted by Gasteiger charge is 2.30. The zero-order chi connectivity index (χ0) is 19.3. The van der Waals surface area contributed by atoms with Crippen LogP contribution in [0.5, 0.6) is 11.5 Å². The van der Waals surface area contributed by atoms with Gasteiger partial charge < -0.3 is 29.3 Å². The molecule has 2 saturated heterocycles. The molecule has 1 aromatic rings. The molecule has 3 heterocycles. The highest BCUT2D eigenvalue weighted by Crippen LogP contribution is 2.32. The zero-order valence-corrected chi connectivity index (χ0v) is 19.1. The Morgan fingerprint density at radius 1 is 1.17 bits per heavy atom. The summed E-state index contributed by atoms with van der Waals surface area (Å²) in [6, 6.07) is 5.92. The molecule has 9 heteroatoms. The minimum Gasteiger partial charge on any atom is -0.454 e. The number of rotatable bonds is 4. The fourth-order valence-corrected chi connectivity index (χ4v) is 3.75. The molecule has 0 saturated carbocycles. The normalized spacial score (nSPS) is 21.1. The van der Waals surface area contributed by atoms with Crippen LogP contribution in [0, 0.1) is 0 Å². The molecule has 0 aromatic heterocycles. The summed E-state index contributed by atoms with van der Waals surface area (Å²) in [6.07, 6.45) is 1.59. The van der Waals surface area contributed by atoms with Crippen LogP contribution in [0.25, 0.3) is 0 Å². The maximum Gasteiger partial charge on any atom is 0.251 e. The van der Waals surface area contributed by atoms with Gasteiger partial charge in [0.15, 0.2) is 17.5 Å². The summed E-state index contributed by atoms with van der Waals surface area (Å²) in [5.74, 6) is 2.58. The first-order valence-corrected chi connectivity index (χ1v) is 10.1. The number of piperazine rings is 1. The maximum atomic E-state index is 12.5. The van der Waals surface area contributed by atoms with Gasteiger partial charge in [-0.05, 0) is 37.5 Å². The summed E-state index contributed by atoms with van der Waals surface area (Å²) in [7, 11) is 0. The summed E-state index contributed by atoms with van der Waals surface area (Å²) in [5, 5.41) is 3.37. The van der Waals surface area contributed by atoms with Gasteiger partial charge in [-0.1, -0.05) is 6.07 Å². The number of nitrogens with one attached hydrogen (secondary N) is 1. The Morgan fingerprint density at radius 2 is 1.93 bits per heavy atom. The third-order valence-electron chi connectivity index (χ3n) is 5.28. The van der Waals surface area contributed by atoms with Crippen molar-refractivity contribution in [3.8, 4) is 11.5 Å². The highest BCUT2D eigenvalue weighted by molar-refractivity contribution is 14.0. The Labute approximate surface area is 188 Å². The van der Waals surface area contributed by atoms with Crippen LogP contribution in [-0.2, 0) is 16.1 Å². The van der Waals surface area contributed by atoms with Crippen LogP contribution >= 0.6 is 24.0 Å². The van der Waals surface area contributed by atoms with Crippen molar-refractivity contribution in [3.63, 3.8) is 0 Å². The van der Waals surface area contributed by atoms with Gasteiger partial charge in [0.25, 0.3) is 5.91 Å². The number of ether oxygens (including phenoxy) is 3. The van der Waals surface area contributed by atoms with E-state index >= 15 is 0 Å². The third kappa shape index (κ3) is 5.25. The first-order valence-electron chi connectivity index (χ1n) is 10.1. The summed E-state index contributed by atoms with van der Waals surface area (Å²) < 4.78 is 16.3. The van der Waals surface area contributed by atoms with E-state index in [0.717, 1.165) is 55.5 Å². The first-order chi connectivity index (χ1) is 13.7. The topological polar surface area (TPSA) is 75.6 Å². The van der Waals surface area contributed by atoms with Crippen LogP contribution in [0.2, 0.25) is 0 Å². The van der Waals surface area contributed by atoms with Gasteiger partial charge in [0, 0.05) is 39.3 Å². The van der Waals surface area contributed by atoms with Gasteiger partial charge in [-0.25, -0.2) is 4.99 Å². The lowest BCUT2D eigenvalue weighted by Gasteiger charge is -2.37. The van der Waals surface area contributed by atoms with E-state index in [9.17, 15) is 4.79 Å². The predicted octanol–water partition coefficient (Wildman–Crippen LogP) is 1.82. The molecule has 1 amide bonds. The van der Waals surface area contributed by atoms with Gasteiger partial charge in [0.2, 0.25) is 6.79 Å². The second-order valence-corrected chi connectivity index (χ2v) is 7.17. The van der Waals surface area contributed by atoms with E-state index in [1.165, 1.54) is 0 Å². The van der Waals surface area contributed by atoms with Crippen LogP contribution in [0.1, 0.15) is 25.3 Å². The lowest BCUT2D eigenvalue weighted by Crippen LogP contribution is -2.55. The maximum absolute atomic E-state index is 12.5. The van der Waals surface area contributed by atoms with Crippen molar-refractivity contribution in [1.82, 2.24) is 15.1 Å². The Morgan fingerprint density at radius 3 is 2.66 bits per heavy atom. The fraction of sp³-hybridized carbons (Fsp3) is 0.600. The zero-order valence-electron chi connectivity index (χ0n) is 16.8. The van der Waals surface area contributed by atoms with Gasteiger partial charge in [-0.2, -0.15) is 0 Å². The number of aliphatic imine (C=N–C) groups is 1. The third-order valence-corrected chi connectivity index (χ3v) is 5.28. The SMILES string of the molecule is CCNC(=NCc1ccc2c(c1)OCO2)N1CCN(C(=O)C2CCCO2)CC1.I. The molecule has 0 bridgehead atoms. The standard InChI is InChI=1S/C20H28N4O4.HI/c1-2-21-20(22-13-15-5-6-16-18(12-15)28-14-27-16)24-9-7-23(8-10-24)19(25)17-4-3-11-26-17;/h5-6,12,17H,2-4,7-11,13-14H2,1H3,(H,21,22);1H. The molecule has 3 aliphatic rings. The number of guanidine groups is 1. The van der Waals surface area contributed by atoms with Crippen molar-refractivity contribution in [3.05, 3.63) is 23.8 Å². The fourth-order valence-electron chi connectivity index (χ4n) is 3.75. The number of hydrogen-bond donors (Lipinski definition) is 1. The molecule has 1 aromatic carbocycles. The predicted molar refractivity (Wildman–Crippen MR) is 120 cm³/mol. The number of carbonyl (C=O) groups excluding carboxylic acids is 1. The number of halogens is 1. The van der Waals surface area contributed by atoms with Gasteiger partial charge in [-0.15, -0.1) is 24.0 Å². The molecule has 3 aliphatic heterocycles. The van der Waals surface area contributed by atoms with E-state index in [0.29, 0.717) is 26.2 Å². The molecule has 1 atom stereocenters. The lowest BCUT2D eigenvalue weighted by atomic mass is 10.2. The largest absolute Gasteiger partial charge is 0.454 e.